The van der Waals surface area contributed by atoms with Crippen LogP contribution in [0.4, 0.5) is 0 Å². The van der Waals surface area contributed by atoms with Gasteiger partial charge in [-0.25, -0.2) is 0 Å². The number of rotatable bonds is 3. The molecule has 1 heterocycles. The van der Waals surface area contributed by atoms with Crippen LogP contribution in [0.5, 0.6) is 0 Å². The van der Waals surface area contributed by atoms with E-state index in [4.69, 9.17) is 0 Å². The largest absolute Gasteiger partial charge is 0.158 e. The Bertz CT molecular complexity index is 101. The second kappa shape index (κ2) is 36.4. The molecule has 0 aliphatic carbocycles. The van der Waals surface area contributed by atoms with Crippen molar-refractivity contribution in [3.63, 3.8) is 0 Å². The van der Waals surface area contributed by atoms with Crippen molar-refractivity contribution in [2.75, 3.05) is 11.5 Å². The van der Waals surface area contributed by atoms with E-state index in [9.17, 15) is 0 Å². The zero-order valence-electron chi connectivity index (χ0n) is 14.4. The summed E-state index contributed by atoms with van der Waals surface area (Å²) in [5.41, 5.74) is 0. The Morgan fingerprint density at radius 2 is 1.05 bits per heavy atom. The van der Waals surface area contributed by atoms with Crippen molar-refractivity contribution in [2.24, 2.45) is 0 Å². The van der Waals surface area contributed by atoms with Crippen molar-refractivity contribution in [1.29, 1.82) is 0 Å². The van der Waals surface area contributed by atoms with Gasteiger partial charge in [0.15, 0.2) is 0 Å². The van der Waals surface area contributed by atoms with Gasteiger partial charge in [-0.2, -0.15) is 11.8 Å². The smallest absolute Gasteiger partial charge is 0.0113 e. The second-order valence-electron chi connectivity index (χ2n) is 4.33. The molecule has 0 aromatic rings. The van der Waals surface area contributed by atoms with E-state index in [-0.39, 0.29) is 23.9 Å². The van der Waals surface area contributed by atoms with Gasteiger partial charge in [-0.1, -0.05) is 92.2 Å². The van der Waals surface area contributed by atoms with Gasteiger partial charge in [0.25, 0.3) is 0 Å². The maximum Gasteiger partial charge on any atom is 0.0113 e. The third-order valence-electron chi connectivity index (χ3n) is 2.31. The number of unbranched alkanes of at least 4 members (excludes halogenated alkanes) is 3. The van der Waals surface area contributed by atoms with Gasteiger partial charge < -0.3 is 0 Å². The fourth-order valence-corrected chi connectivity index (χ4v) is 1.23. The van der Waals surface area contributed by atoms with E-state index in [1.807, 2.05) is 11.8 Å². The minimum absolute atomic E-state index is 0. The molecule has 0 saturated heterocycles. The van der Waals surface area contributed by atoms with Crippen molar-refractivity contribution < 1.29 is 0 Å². The summed E-state index contributed by atoms with van der Waals surface area (Å²) in [6, 6.07) is 0. The Morgan fingerprint density at radius 1 is 0.684 bits per heavy atom. The minimum atomic E-state index is 0. The van der Waals surface area contributed by atoms with Crippen LogP contribution >= 0.6 is 11.8 Å². The van der Waals surface area contributed by atoms with E-state index in [1.165, 1.54) is 56.5 Å². The third-order valence-corrected chi connectivity index (χ3v) is 3.26. The van der Waals surface area contributed by atoms with E-state index in [1.54, 1.807) is 0 Å². The van der Waals surface area contributed by atoms with Crippen molar-refractivity contribution >= 4 is 35.7 Å². The standard InChI is InChI=1S/C5H8S.3C4H10.Sn/c1-2-4-6-5-3-1;3*1-3-4-2;/h1-2H,3-5H2;3*3-4H2,1-2H3;. The number of thioether (sulfide) groups is 1. The monoisotopic (exact) mass is 394 g/mol. The summed E-state index contributed by atoms with van der Waals surface area (Å²) in [5.74, 6) is 2.57. The molecule has 19 heavy (non-hydrogen) atoms. The van der Waals surface area contributed by atoms with Crippen LogP contribution in [0.3, 0.4) is 0 Å². The molecule has 0 saturated carbocycles. The Hall–Kier alpha value is 0.889. The Kier molecular flexibility index (Phi) is 53.8. The van der Waals surface area contributed by atoms with Crippen LogP contribution in [0, 0.1) is 0 Å². The summed E-state index contributed by atoms with van der Waals surface area (Å²) < 4.78 is 0. The average Bonchev–Trinajstić information content (AvgIpc) is 2.49. The summed E-state index contributed by atoms with van der Waals surface area (Å²) in [6.45, 7) is 13.1. The summed E-state index contributed by atoms with van der Waals surface area (Å²) in [5, 5.41) is 0. The van der Waals surface area contributed by atoms with Gasteiger partial charge in [0.2, 0.25) is 0 Å². The molecule has 0 aromatic carbocycles. The first-order valence-corrected chi connectivity index (χ1v) is 9.12. The number of hydrogen-bond acceptors (Lipinski definition) is 1. The van der Waals surface area contributed by atoms with Crippen LogP contribution < -0.4 is 0 Å². The molecule has 0 unspecified atom stereocenters. The van der Waals surface area contributed by atoms with E-state index in [2.05, 4.69) is 53.7 Å². The third kappa shape index (κ3) is 55.1. The summed E-state index contributed by atoms with van der Waals surface area (Å²) in [6.07, 6.45) is 13.7. The second-order valence-corrected chi connectivity index (χ2v) is 5.48. The number of allylic oxidation sites excluding steroid dienone is 1. The van der Waals surface area contributed by atoms with Crippen molar-refractivity contribution in [3.05, 3.63) is 12.2 Å². The van der Waals surface area contributed by atoms with Crippen LogP contribution in [0.15, 0.2) is 12.2 Å². The van der Waals surface area contributed by atoms with E-state index in [0.29, 0.717) is 0 Å². The molecule has 1 rings (SSSR count). The number of hydrogen-bond donors (Lipinski definition) is 0. The van der Waals surface area contributed by atoms with E-state index in [0.717, 1.165) is 0 Å². The van der Waals surface area contributed by atoms with Gasteiger partial charge in [-0.3, -0.25) is 0 Å². The van der Waals surface area contributed by atoms with Gasteiger partial charge in [0, 0.05) is 29.7 Å². The Morgan fingerprint density at radius 3 is 1.11 bits per heavy atom. The van der Waals surface area contributed by atoms with Gasteiger partial charge in [0.1, 0.15) is 0 Å². The fourth-order valence-electron chi connectivity index (χ4n) is 0.489. The van der Waals surface area contributed by atoms with Gasteiger partial charge in [0.05, 0.1) is 0 Å². The summed E-state index contributed by atoms with van der Waals surface area (Å²) in [4.78, 5) is 0. The zero-order chi connectivity index (χ0) is 14.5. The molecule has 0 aromatic heterocycles. The van der Waals surface area contributed by atoms with Crippen molar-refractivity contribution in [3.8, 4) is 0 Å². The molecule has 0 amide bonds. The maximum atomic E-state index is 2.25. The Balaban J connectivity index is -0.0000000796. The van der Waals surface area contributed by atoms with Crippen LogP contribution in [0.25, 0.3) is 0 Å². The van der Waals surface area contributed by atoms with Crippen LogP contribution in [-0.2, 0) is 0 Å². The molecule has 4 radical (unpaired) electrons. The molecule has 0 atom stereocenters. The topological polar surface area (TPSA) is 0 Å². The van der Waals surface area contributed by atoms with Gasteiger partial charge in [-0.05, 0) is 12.2 Å². The quantitative estimate of drug-likeness (QED) is 0.379. The molecule has 0 spiro atoms. The SMILES string of the molecule is C1=CCSCC1.CCCC.CCCC.CCCC.[Sn]. The van der Waals surface area contributed by atoms with Gasteiger partial charge in [-0.15, -0.1) is 0 Å². The predicted molar refractivity (Wildman–Crippen MR) is 98.6 cm³/mol. The fraction of sp³-hybridized carbons (Fsp3) is 0.882. The van der Waals surface area contributed by atoms with Crippen LogP contribution in [0.2, 0.25) is 0 Å². The molecular weight excluding hydrogens is 355 g/mol. The zero-order valence-corrected chi connectivity index (χ0v) is 18.1. The molecule has 0 fully saturated rings. The van der Waals surface area contributed by atoms with Crippen molar-refractivity contribution in [1.82, 2.24) is 0 Å². The Labute approximate surface area is 145 Å². The van der Waals surface area contributed by atoms with E-state index < -0.39 is 0 Å². The first-order valence-electron chi connectivity index (χ1n) is 7.97. The molecular formula is C17H38SSn. The van der Waals surface area contributed by atoms with Crippen LogP contribution in [-0.4, -0.2) is 35.4 Å². The molecule has 0 nitrogen and oxygen atoms in total. The molecule has 1 aliphatic rings. The average molecular weight is 393 g/mol. The summed E-state index contributed by atoms with van der Waals surface area (Å²) in [7, 11) is 0. The molecule has 1 aliphatic heterocycles. The summed E-state index contributed by atoms with van der Waals surface area (Å²) >= 11 is 2.01. The predicted octanol–water partition coefficient (Wildman–Crippen LogP) is 6.72. The first kappa shape index (κ1) is 28.1. The van der Waals surface area contributed by atoms with Gasteiger partial charge >= 0.3 is 0 Å². The minimum Gasteiger partial charge on any atom is -0.158 e. The van der Waals surface area contributed by atoms with Crippen LogP contribution in [0.1, 0.15) is 86.5 Å². The first-order chi connectivity index (χ1) is 8.74. The van der Waals surface area contributed by atoms with Crippen molar-refractivity contribution in [2.45, 2.75) is 86.5 Å². The molecule has 0 N–H and O–H groups in total. The molecule has 116 valence electrons. The molecule has 2 heteroatoms. The molecule has 0 bridgehead atoms. The normalized spacial score (nSPS) is 11.5. The van der Waals surface area contributed by atoms with E-state index >= 15 is 0 Å². The maximum absolute atomic E-state index is 2.25.